The third-order valence-corrected chi connectivity index (χ3v) is 4.64. The Hall–Kier alpha value is -0.860. The van der Waals surface area contributed by atoms with Gasteiger partial charge in [-0.25, -0.2) is 0 Å². The van der Waals surface area contributed by atoms with Gasteiger partial charge in [-0.2, -0.15) is 0 Å². The van der Waals surface area contributed by atoms with Crippen LogP contribution >= 0.6 is 0 Å². The molecule has 2 heteroatoms. The molecule has 1 aliphatic heterocycles. The van der Waals surface area contributed by atoms with Gasteiger partial charge in [0, 0.05) is 18.6 Å². The standard InChI is InChI=1S/C18H30N2/c1-2-8-17-11-6-7-14-20(17)18(15-19)13-12-16-9-4-3-5-10-16/h3-5,9-10,17-18H,2,6-8,11-15,19H2,1H3. The van der Waals surface area contributed by atoms with Crippen LogP contribution in [0, 0.1) is 0 Å². The maximum atomic E-state index is 6.08. The van der Waals surface area contributed by atoms with Crippen molar-refractivity contribution in [3.05, 3.63) is 35.9 Å². The molecule has 1 fully saturated rings. The van der Waals surface area contributed by atoms with Crippen LogP contribution in [0.25, 0.3) is 0 Å². The Morgan fingerprint density at radius 3 is 2.75 bits per heavy atom. The third kappa shape index (κ3) is 4.32. The van der Waals surface area contributed by atoms with Crippen LogP contribution in [0.4, 0.5) is 0 Å². The maximum Gasteiger partial charge on any atom is 0.0224 e. The first-order valence-electron chi connectivity index (χ1n) is 8.35. The first-order valence-corrected chi connectivity index (χ1v) is 8.35. The van der Waals surface area contributed by atoms with Crippen molar-refractivity contribution in [2.45, 2.75) is 64.0 Å². The number of likely N-dealkylation sites (tertiary alicyclic amines) is 1. The highest BCUT2D eigenvalue weighted by atomic mass is 15.2. The van der Waals surface area contributed by atoms with E-state index in [9.17, 15) is 0 Å². The number of hydrogen-bond donors (Lipinski definition) is 1. The Kier molecular flexibility index (Phi) is 6.55. The molecule has 0 aliphatic carbocycles. The lowest BCUT2D eigenvalue weighted by Crippen LogP contribution is -2.49. The number of rotatable bonds is 7. The third-order valence-electron chi connectivity index (χ3n) is 4.64. The predicted molar refractivity (Wildman–Crippen MR) is 86.9 cm³/mol. The summed E-state index contributed by atoms with van der Waals surface area (Å²) in [6.45, 7) is 4.35. The van der Waals surface area contributed by atoms with E-state index < -0.39 is 0 Å². The minimum absolute atomic E-state index is 0.562. The minimum Gasteiger partial charge on any atom is -0.329 e. The van der Waals surface area contributed by atoms with Gasteiger partial charge < -0.3 is 5.73 Å². The molecule has 2 unspecified atom stereocenters. The van der Waals surface area contributed by atoms with Crippen LogP contribution in [0.3, 0.4) is 0 Å². The summed E-state index contributed by atoms with van der Waals surface area (Å²) in [6, 6.07) is 12.2. The average Bonchev–Trinajstić information content (AvgIpc) is 2.51. The van der Waals surface area contributed by atoms with Crippen molar-refractivity contribution in [2.75, 3.05) is 13.1 Å². The van der Waals surface area contributed by atoms with Gasteiger partial charge in [0.15, 0.2) is 0 Å². The van der Waals surface area contributed by atoms with Gasteiger partial charge in [-0.05, 0) is 44.2 Å². The molecule has 1 heterocycles. The summed E-state index contributed by atoms with van der Waals surface area (Å²) in [6.07, 6.45) is 9.09. The molecule has 0 amide bonds. The summed E-state index contributed by atoms with van der Waals surface area (Å²) < 4.78 is 0. The van der Waals surface area contributed by atoms with Crippen LogP contribution in [0.5, 0.6) is 0 Å². The van der Waals surface area contributed by atoms with Gasteiger partial charge in [0.2, 0.25) is 0 Å². The molecule has 0 spiro atoms. The summed E-state index contributed by atoms with van der Waals surface area (Å²) in [5, 5.41) is 0. The lowest BCUT2D eigenvalue weighted by atomic mass is 9.94. The molecule has 2 atom stereocenters. The lowest BCUT2D eigenvalue weighted by molar-refractivity contribution is 0.0870. The quantitative estimate of drug-likeness (QED) is 0.823. The van der Waals surface area contributed by atoms with Crippen molar-refractivity contribution >= 4 is 0 Å². The largest absolute Gasteiger partial charge is 0.329 e. The van der Waals surface area contributed by atoms with Gasteiger partial charge in [0.25, 0.3) is 0 Å². The van der Waals surface area contributed by atoms with E-state index in [-0.39, 0.29) is 0 Å². The Morgan fingerprint density at radius 2 is 2.05 bits per heavy atom. The van der Waals surface area contributed by atoms with Gasteiger partial charge in [-0.3, -0.25) is 4.90 Å². The van der Waals surface area contributed by atoms with Crippen molar-refractivity contribution in [3.63, 3.8) is 0 Å². The van der Waals surface area contributed by atoms with Crippen LogP contribution in [0.1, 0.15) is 51.0 Å². The molecule has 2 nitrogen and oxygen atoms in total. The predicted octanol–water partition coefficient (Wildman–Crippen LogP) is 3.60. The first kappa shape index (κ1) is 15.5. The summed E-state index contributed by atoms with van der Waals surface area (Å²) in [7, 11) is 0. The van der Waals surface area contributed by atoms with Gasteiger partial charge >= 0.3 is 0 Å². The number of piperidine rings is 1. The molecule has 0 radical (unpaired) electrons. The number of benzene rings is 1. The molecule has 1 aromatic rings. The second-order valence-corrected chi connectivity index (χ2v) is 6.09. The molecule has 20 heavy (non-hydrogen) atoms. The van der Waals surface area contributed by atoms with E-state index >= 15 is 0 Å². The molecule has 1 aliphatic rings. The van der Waals surface area contributed by atoms with Crippen molar-refractivity contribution in [3.8, 4) is 0 Å². The van der Waals surface area contributed by atoms with Gasteiger partial charge in [-0.15, -0.1) is 0 Å². The fraction of sp³-hybridized carbons (Fsp3) is 0.667. The highest BCUT2D eigenvalue weighted by Crippen LogP contribution is 2.24. The molecule has 1 saturated heterocycles. The summed E-state index contributed by atoms with van der Waals surface area (Å²) in [4.78, 5) is 2.72. The van der Waals surface area contributed by atoms with E-state index in [1.54, 1.807) is 0 Å². The van der Waals surface area contributed by atoms with Gasteiger partial charge in [-0.1, -0.05) is 50.1 Å². The van der Waals surface area contributed by atoms with Crippen molar-refractivity contribution < 1.29 is 0 Å². The Labute approximate surface area is 124 Å². The monoisotopic (exact) mass is 274 g/mol. The second-order valence-electron chi connectivity index (χ2n) is 6.09. The van der Waals surface area contributed by atoms with Crippen LogP contribution in [-0.4, -0.2) is 30.1 Å². The molecule has 2 rings (SSSR count). The fourth-order valence-corrected chi connectivity index (χ4v) is 3.54. The fourth-order valence-electron chi connectivity index (χ4n) is 3.54. The van der Waals surface area contributed by atoms with Crippen molar-refractivity contribution in [1.29, 1.82) is 0 Å². The van der Waals surface area contributed by atoms with Crippen molar-refractivity contribution in [2.24, 2.45) is 5.73 Å². The average molecular weight is 274 g/mol. The zero-order valence-corrected chi connectivity index (χ0v) is 12.9. The van der Waals surface area contributed by atoms with E-state index in [0.29, 0.717) is 6.04 Å². The van der Waals surface area contributed by atoms with Crippen molar-refractivity contribution in [1.82, 2.24) is 4.90 Å². The molecule has 0 bridgehead atoms. The molecule has 112 valence electrons. The van der Waals surface area contributed by atoms with E-state index in [2.05, 4.69) is 42.2 Å². The molecule has 2 N–H and O–H groups in total. The summed E-state index contributed by atoms with van der Waals surface area (Å²) in [5.41, 5.74) is 7.52. The van der Waals surface area contributed by atoms with E-state index in [4.69, 9.17) is 5.73 Å². The Balaban J connectivity index is 1.92. The number of aryl methyl sites for hydroxylation is 1. The van der Waals surface area contributed by atoms with E-state index in [0.717, 1.165) is 19.0 Å². The summed E-state index contributed by atoms with van der Waals surface area (Å²) >= 11 is 0. The molecule has 1 aromatic carbocycles. The Morgan fingerprint density at radius 1 is 1.25 bits per heavy atom. The molecule has 0 saturated carbocycles. The zero-order valence-electron chi connectivity index (χ0n) is 12.9. The lowest BCUT2D eigenvalue weighted by Gasteiger charge is -2.41. The number of nitrogens with zero attached hydrogens (tertiary/aromatic N) is 1. The zero-order chi connectivity index (χ0) is 14.2. The first-order chi connectivity index (χ1) is 9.85. The molecular weight excluding hydrogens is 244 g/mol. The summed E-state index contributed by atoms with van der Waals surface area (Å²) in [5.74, 6) is 0. The maximum absolute atomic E-state index is 6.08. The highest BCUT2D eigenvalue weighted by Gasteiger charge is 2.27. The van der Waals surface area contributed by atoms with Crippen LogP contribution in [0.15, 0.2) is 30.3 Å². The number of hydrogen-bond acceptors (Lipinski definition) is 2. The normalized spacial score (nSPS) is 21.8. The van der Waals surface area contributed by atoms with Gasteiger partial charge in [0.1, 0.15) is 0 Å². The van der Waals surface area contributed by atoms with Crippen LogP contribution < -0.4 is 5.73 Å². The van der Waals surface area contributed by atoms with Crippen LogP contribution in [-0.2, 0) is 6.42 Å². The highest BCUT2D eigenvalue weighted by molar-refractivity contribution is 5.14. The van der Waals surface area contributed by atoms with E-state index in [1.807, 2.05) is 0 Å². The smallest absolute Gasteiger partial charge is 0.0224 e. The Bertz CT molecular complexity index is 361. The molecule has 0 aromatic heterocycles. The SMILES string of the molecule is CCCC1CCCCN1C(CN)CCc1ccccc1. The van der Waals surface area contributed by atoms with Crippen LogP contribution in [0.2, 0.25) is 0 Å². The molecular formula is C18H30N2. The topological polar surface area (TPSA) is 29.3 Å². The number of nitrogens with two attached hydrogens (primary N) is 1. The van der Waals surface area contributed by atoms with E-state index in [1.165, 1.54) is 50.6 Å². The second kappa shape index (κ2) is 8.43. The minimum atomic E-state index is 0.562. The van der Waals surface area contributed by atoms with Gasteiger partial charge in [0.05, 0.1) is 0 Å².